The molecule has 0 radical (unpaired) electrons. The van der Waals surface area contributed by atoms with Gasteiger partial charge in [0.2, 0.25) is 0 Å². The molecule has 8 heteroatoms. The van der Waals surface area contributed by atoms with Crippen LogP contribution in [-0.2, 0) is 17.9 Å². The summed E-state index contributed by atoms with van der Waals surface area (Å²) in [7, 11) is 1.58. The molecule has 1 saturated heterocycles. The molecule has 1 fully saturated rings. The predicted molar refractivity (Wildman–Crippen MR) is 99.1 cm³/mol. The van der Waals surface area contributed by atoms with Gasteiger partial charge in [-0.25, -0.2) is 0 Å². The highest BCUT2D eigenvalue weighted by Crippen LogP contribution is 2.19. The Morgan fingerprint density at radius 1 is 1.38 bits per heavy atom. The van der Waals surface area contributed by atoms with E-state index in [0.717, 1.165) is 38.0 Å². The molecule has 1 aliphatic heterocycles. The van der Waals surface area contributed by atoms with Crippen LogP contribution in [0.3, 0.4) is 0 Å². The minimum absolute atomic E-state index is 0. The summed E-state index contributed by atoms with van der Waals surface area (Å²) in [5.74, 6) is 0.426. The lowest BCUT2D eigenvalue weighted by atomic mass is 10.1. The predicted octanol–water partition coefficient (Wildman–Crippen LogP) is 2.42. The molecule has 26 heavy (non-hydrogen) atoms. The second-order valence-corrected chi connectivity index (χ2v) is 6.20. The fourth-order valence-corrected chi connectivity index (χ4v) is 3.12. The van der Waals surface area contributed by atoms with Crippen molar-refractivity contribution in [2.75, 3.05) is 20.2 Å². The summed E-state index contributed by atoms with van der Waals surface area (Å²) < 4.78 is 10.2. The smallest absolute Gasteiger partial charge is 0.276 e. The minimum Gasteiger partial charge on any atom is -0.377 e. The maximum Gasteiger partial charge on any atom is 0.276 e. The molecule has 1 atom stereocenters. The van der Waals surface area contributed by atoms with Gasteiger partial charge in [-0.2, -0.15) is 0 Å². The number of ether oxygens (including phenoxy) is 1. The highest BCUT2D eigenvalue weighted by molar-refractivity contribution is 5.92. The van der Waals surface area contributed by atoms with E-state index in [1.807, 2.05) is 23.1 Å². The number of carbonyl (C=O) groups is 1. The van der Waals surface area contributed by atoms with Crippen molar-refractivity contribution >= 4 is 18.3 Å². The van der Waals surface area contributed by atoms with Gasteiger partial charge in [-0.15, -0.1) is 12.4 Å². The zero-order valence-corrected chi connectivity index (χ0v) is 15.7. The number of hydrogen-bond acceptors (Lipinski definition) is 6. The highest BCUT2D eigenvalue weighted by Gasteiger charge is 2.28. The van der Waals surface area contributed by atoms with Crippen LogP contribution < -0.4 is 5.32 Å². The van der Waals surface area contributed by atoms with Gasteiger partial charge in [-0.1, -0.05) is 11.2 Å². The Kier molecular flexibility index (Phi) is 8.03. The van der Waals surface area contributed by atoms with E-state index in [-0.39, 0.29) is 24.4 Å². The molecule has 1 unspecified atom stereocenters. The lowest BCUT2D eigenvalue weighted by Crippen LogP contribution is -2.40. The van der Waals surface area contributed by atoms with E-state index >= 15 is 0 Å². The second-order valence-electron chi connectivity index (χ2n) is 6.20. The number of halogens is 1. The number of hydrogen-bond donors (Lipinski definition) is 1. The topological polar surface area (TPSA) is 80.5 Å². The molecule has 0 saturated carbocycles. The van der Waals surface area contributed by atoms with E-state index in [9.17, 15) is 4.79 Å². The Labute approximate surface area is 159 Å². The maximum absolute atomic E-state index is 13.1. The number of rotatable bonds is 6. The molecule has 1 amide bonds. The quantitative estimate of drug-likeness (QED) is 0.828. The third-order valence-corrected chi connectivity index (χ3v) is 4.37. The van der Waals surface area contributed by atoms with Crippen LogP contribution in [0.15, 0.2) is 35.0 Å². The maximum atomic E-state index is 13.1. The van der Waals surface area contributed by atoms with Crippen molar-refractivity contribution in [2.45, 2.75) is 38.5 Å². The fourth-order valence-electron chi connectivity index (χ4n) is 3.12. The zero-order valence-electron chi connectivity index (χ0n) is 14.9. The van der Waals surface area contributed by atoms with Crippen molar-refractivity contribution in [1.29, 1.82) is 0 Å². The molecule has 0 aromatic carbocycles. The first-order chi connectivity index (χ1) is 12.3. The van der Waals surface area contributed by atoms with Crippen LogP contribution in [0.2, 0.25) is 0 Å². The lowest BCUT2D eigenvalue weighted by Gasteiger charge is -2.30. The van der Waals surface area contributed by atoms with Crippen molar-refractivity contribution in [3.05, 3.63) is 47.6 Å². The van der Waals surface area contributed by atoms with Gasteiger partial charge in [0.25, 0.3) is 5.91 Å². The summed E-state index contributed by atoms with van der Waals surface area (Å²) in [6.45, 7) is 2.67. The number of nitrogens with one attached hydrogen (secondary N) is 1. The van der Waals surface area contributed by atoms with E-state index < -0.39 is 0 Å². The van der Waals surface area contributed by atoms with E-state index in [2.05, 4.69) is 15.5 Å². The molecule has 2 aromatic heterocycles. The summed E-state index contributed by atoms with van der Waals surface area (Å²) in [4.78, 5) is 19.3. The lowest BCUT2D eigenvalue weighted by molar-refractivity contribution is 0.0631. The van der Waals surface area contributed by atoms with Gasteiger partial charge in [-0.3, -0.25) is 9.78 Å². The molecule has 0 spiro atoms. The molecule has 0 aliphatic carbocycles. The average Bonchev–Trinajstić information content (AvgIpc) is 2.94. The van der Waals surface area contributed by atoms with E-state index in [1.54, 1.807) is 19.4 Å². The molecule has 1 N–H and O–H groups in total. The Hall–Kier alpha value is -1.96. The number of methoxy groups -OCH3 is 1. The first kappa shape index (κ1) is 20.4. The highest BCUT2D eigenvalue weighted by atomic mass is 35.5. The van der Waals surface area contributed by atoms with Gasteiger partial charge < -0.3 is 19.5 Å². The Morgan fingerprint density at radius 3 is 3.04 bits per heavy atom. The Balaban J connectivity index is 0.00000243. The van der Waals surface area contributed by atoms with Crippen LogP contribution in [0.4, 0.5) is 0 Å². The number of pyridine rings is 1. The summed E-state index contributed by atoms with van der Waals surface area (Å²) in [5.41, 5.74) is 1.19. The number of amides is 1. The van der Waals surface area contributed by atoms with Crippen LogP contribution in [0.1, 0.15) is 41.2 Å². The molecule has 7 nitrogen and oxygen atoms in total. The van der Waals surface area contributed by atoms with Gasteiger partial charge in [0.15, 0.2) is 11.5 Å². The van der Waals surface area contributed by atoms with Crippen molar-refractivity contribution in [2.24, 2.45) is 0 Å². The second kappa shape index (κ2) is 10.3. The van der Waals surface area contributed by atoms with E-state index in [1.165, 1.54) is 0 Å². The van der Waals surface area contributed by atoms with Crippen molar-refractivity contribution < 1.29 is 14.1 Å². The molecule has 0 bridgehead atoms. The fraction of sp³-hybridized carbons (Fsp3) is 0.500. The third kappa shape index (κ3) is 5.27. The van der Waals surface area contributed by atoms with Crippen LogP contribution in [0.25, 0.3) is 0 Å². The summed E-state index contributed by atoms with van der Waals surface area (Å²) >= 11 is 0. The molecule has 142 valence electrons. The van der Waals surface area contributed by atoms with Gasteiger partial charge >= 0.3 is 0 Å². The van der Waals surface area contributed by atoms with Crippen LogP contribution in [0.5, 0.6) is 0 Å². The average molecular weight is 381 g/mol. The Morgan fingerprint density at radius 2 is 2.27 bits per heavy atom. The Bertz CT molecular complexity index is 672. The van der Waals surface area contributed by atoms with Crippen LogP contribution in [0, 0.1) is 0 Å². The van der Waals surface area contributed by atoms with Crippen LogP contribution in [-0.4, -0.2) is 47.2 Å². The van der Waals surface area contributed by atoms with Gasteiger partial charge in [0.1, 0.15) is 6.61 Å². The summed E-state index contributed by atoms with van der Waals surface area (Å²) in [5, 5.41) is 7.32. The van der Waals surface area contributed by atoms with Crippen molar-refractivity contribution in [3.63, 3.8) is 0 Å². The number of aromatic nitrogens is 2. The number of nitrogens with zero attached hydrogens (tertiary/aromatic N) is 3. The van der Waals surface area contributed by atoms with Crippen LogP contribution >= 0.6 is 12.4 Å². The van der Waals surface area contributed by atoms with E-state index in [0.29, 0.717) is 24.6 Å². The van der Waals surface area contributed by atoms with Crippen molar-refractivity contribution in [1.82, 2.24) is 20.4 Å². The first-order valence-corrected chi connectivity index (χ1v) is 8.64. The standard InChI is InChI=1S/C18H24N4O3.ClH/c1-24-13-16-11-17(21-25-16)18(23)22(12-14-5-2-3-9-20-14)15-6-4-8-19-10-7-15;/h2-3,5,9,11,15,19H,4,6-8,10,12-13H2,1H3;1H. The molecular weight excluding hydrogens is 356 g/mol. The normalized spacial score (nSPS) is 17.2. The largest absolute Gasteiger partial charge is 0.377 e. The van der Waals surface area contributed by atoms with E-state index in [4.69, 9.17) is 9.26 Å². The molecule has 2 aromatic rings. The third-order valence-electron chi connectivity index (χ3n) is 4.37. The molecule has 3 heterocycles. The summed E-state index contributed by atoms with van der Waals surface area (Å²) in [6, 6.07) is 7.57. The van der Waals surface area contributed by atoms with Gasteiger partial charge in [0, 0.05) is 25.4 Å². The molecule has 1 aliphatic rings. The monoisotopic (exact) mass is 380 g/mol. The zero-order chi connectivity index (χ0) is 17.5. The summed E-state index contributed by atoms with van der Waals surface area (Å²) in [6.07, 6.45) is 4.68. The molecule has 3 rings (SSSR count). The van der Waals surface area contributed by atoms with Gasteiger partial charge in [-0.05, 0) is 44.5 Å². The van der Waals surface area contributed by atoms with Crippen molar-refractivity contribution in [3.8, 4) is 0 Å². The SMILES string of the molecule is COCc1cc(C(=O)N(Cc2ccccn2)C2CCCNCC2)no1.Cl. The number of carbonyl (C=O) groups excluding carboxylic acids is 1. The minimum atomic E-state index is -0.122. The molecular formula is C18H25ClN4O3. The van der Waals surface area contributed by atoms with Gasteiger partial charge in [0.05, 0.1) is 12.2 Å². The first-order valence-electron chi connectivity index (χ1n) is 8.64.